The number of carbonyl (C=O) groups is 1. The second-order valence-electron chi connectivity index (χ2n) is 9.91. The summed E-state index contributed by atoms with van der Waals surface area (Å²) < 4.78 is 13.1. The third kappa shape index (κ3) is 4.97. The molecular formula is C25H31FN4OS. The van der Waals surface area contributed by atoms with E-state index in [4.69, 9.17) is 0 Å². The molecule has 1 amide bonds. The van der Waals surface area contributed by atoms with Gasteiger partial charge in [0, 0.05) is 36.7 Å². The van der Waals surface area contributed by atoms with Gasteiger partial charge in [-0.25, -0.2) is 4.39 Å². The zero-order valence-corrected chi connectivity index (χ0v) is 19.9. The lowest BCUT2D eigenvalue weighted by Gasteiger charge is -2.35. The monoisotopic (exact) mass is 454 g/mol. The van der Waals surface area contributed by atoms with Gasteiger partial charge in [-0.05, 0) is 60.4 Å². The number of benzene rings is 1. The molecule has 0 bridgehead atoms. The van der Waals surface area contributed by atoms with Crippen LogP contribution in [0.3, 0.4) is 0 Å². The molecule has 1 aromatic carbocycles. The topological polar surface area (TPSA) is 59.4 Å². The van der Waals surface area contributed by atoms with Gasteiger partial charge in [-0.2, -0.15) is 5.26 Å². The highest BCUT2D eigenvalue weighted by atomic mass is 32.1. The van der Waals surface area contributed by atoms with Gasteiger partial charge in [-0.15, -0.1) is 11.3 Å². The molecule has 0 spiro atoms. The fourth-order valence-corrected chi connectivity index (χ4v) is 6.01. The minimum Gasteiger partial charge on any atom is -0.369 e. The maximum Gasteiger partial charge on any atom is 0.239 e. The Morgan fingerprint density at radius 1 is 1.22 bits per heavy atom. The van der Waals surface area contributed by atoms with E-state index in [1.165, 1.54) is 17.0 Å². The van der Waals surface area contributed by atoms with Crippen LogP contribution in [0.25, 0.3) is 0 Å². The van der Waals surface area contributed by atoms with Crippen molar-refractivity contribution in [3.63, 3.8) is 0 Å². The van der Waals surface area contributed by atoms with E-state index in [1.807, 2.05) is 0 Å². The van der Waals surface area contributed by atoms with Crippen LogP contribution in [0.5, 0.6) is 0 Å². The fourth-order valence-electron chi connectivity index (χ4n) is 4.72. The van der Waals surface area contributed by atoms with E-state index in [2.05, 4.69) is 42.0 Å². The number of nitriles is 1. The lowest BCUT2D eigenvalue weighted by Crippen LogP contribution is -2.48. The molecule has 1 aromatic heterocycles. The van der Waals surface area contributed by atoms with Crippen molar-refractivity contribution < 1.29 is 9.18 Å². The van der Waals surface area contributed by atoms with E-state index in [-0.39, 0.29) is 17.1 Å². The van der Waals surface area contributed by atoms with E-state index < -0.39 is 0 Å². The first-order valence-corrected chi connectivity index (χ1v) is 12.1. The largest absolute Gasteiger partial charge is 0.369 e. The van der Waals surface area contributed by atoms with Gasteiger partial charge in [0.25, 0.3) is 0 Å². The number of amides is 1. The molecule has 170 valence electrons. The molecule has 2 heterocycles. The smallest absolute Gasteiger partial charge is 0.239 e. The maximum absolute atomic E-state index is 13.1. The first-order valence-electron chi connectivity index (χ1n) is 11.3. The molecule has 0 radical (unpaired) electrons. The van der Waals surface area contributed by atoms with Crippen LogP contribution in [0.4, 0.5) is 15.1 Å². The average Bonchev–Trinajstić information content (AvgIpc) is 3.10. The third-order valence-electron chi connectivity index (χ3n) is 6.79. The number of nitrogens with zero attached hydrogens (tertiary/aromatic N) is 3. The number of hydrogen-bond acceptors (Lipinski definition) is 5. The highest BCUT2D eigenvalue weighted by Crippen LogP contribution is 2.44. The van der Waals surface area contributed by atoms with Crippen molar-refractivity contribution in [1.29, 1.82) is 5.26 Å². The molecule has 7 heteroatoms. The Morgan fingerprint density at radius 3 is 2.53 bits per heavy atom. The number of piperazine rings is 1. The Bertz CT molecular complexity index is 1010. The van der Waals surface area contributed by atoms with Crippen molar-refractivity contribution in [2.24, 2.45) is 11.3 Å². The Kier molecular flexibility index (Phi) is 6.55. The molecule has 2 aromatic rings. The summed E-state index contributed by atoms with van der Waals surface area (Å²) in [5.41, 5.74) is 3.05. The lowest BCUT2D eigenvalue weighted by molar-refractivity contribution is -0.117. The third-order valence-corrected chi connectivity index (χ3v) is 7.96. The molecule has 32 heavy (non-hydrogen) atoms. The zero-order valence-electron chi connectivity index (χ0n) is 19.1. The van der Waals surface area contributed by atoms with Gasteiger partial charge < -0.3 is 10.2 Å². The summed E-state index contributed by atoms with van der Waals surface area (Å²) in [6.45, 7) is 10.3. The van der Waals surface area contributed by atoms with Crippen LogP contribution < -0.4 is 10.2 Å². The number of fused-ring (bicyclic) bond motifs is 1. The van der Waals surface area contributed by atoms with Crippen LogP contribution in [0.1, 0.15) is 43.2 Å². The predicted molar refractivity (Wildman–Crippen MR) is 128 cm³/mol. The van der Waals surface area contributed by atoms with Gasteiger partial charge in [0.2, 0.25) is 5.91 Å². The molecule has 1 aliphatic carbocycles. The minimum atomic E-state index is -0.232. The SMILES string of the molecule is CC(C)(C)[C@@H]1CCc2c(sc(NC(=O)CN3CCN(c4ccc(F)cc4)CC3)c2C#N)C1. The lowest BCUT2D eigenvalue weighted by atomic mass is 9.72. The van der Waals surface area contributed by atoms with Crippen LogP contribution in [-0.2, 0) is 17.6 Å². The van der Waals surface area contributed by atoms with Gasteiger partial charge in [-0.3, -0.25) is 9.69 Å². The molecule has 1 saturated heterocycles. The number of anilines is 2. The van der Waals surface area contributed by atoms with Crippen molar-refractivity contribution in [3.8, 4) is 6.07 Å². The second kappa shape index (κ2) is 9.21. The molecule has 4 rings (SSSR count). The van der Waals surface area contributed by atoms with Crippen LogP contribution in [0.15, 0.2) is 24.3 Å². The molecular weight excluding hydrogens is 423 g/mol. The zero-order chi connectivity index (χ0) is 22.9. The van der Waals surface area contributed by atoms with Crippen molar-refractivity contribution in [1.82, 2.24) is 4.90 Å². The summed E-state index contributed by atoms with van der Waals surface area (Å²) in [6.07, 6.45) is 2.99. The van der Waals surface area contributed by atoms with Gasteiger partial charge >= 0.3 is 0 Å². The van der Waals surface area contributed by atoms with E-state index in [1.54, 1.807) is 23.5 Å². The Balaban J connectivity index is 1.34. The predicted octanol–water partition coefficient (Wildman–Crippen LogP) is 4.67. The number of hydrogen-bond donors (Lipinski definition) is 1. The van der Waals surface area contributed by atoms with Crippen LogP contribution in [-0.4, -0.2) is 43.5 Å². The van der Waals surface area contributed by atoms with Gasteiger partial charge in [0.05, 0.1) is 12.1 Å². The summed E-state index contributed by atoms with van der Waals surface area (Å²) in [7, 11) is 0. The molecule has 5 nitrogen and oxygen atoms in total. The Morgan fingerprint density at radius 2 is 1.91 bits per heavy atom. The van der Waals surface area contributed by atoms with Crippen molar-refractivity contribution in [2.45, 2.75) is 40.0 Å². The number of carbonyl (C=O) groups excluding carboxylic acids is 1. The molecule has 1 fully saturated rings. The van der Waals surface area contributed by atoms with Crippen LogP contribution >= 0.6 is 11.3 Å². The molecule has 1 aliphatic heterocycles. The van der Waals surface area contributed by atoms with E-state index in [9.17, 15) is 14.4 Å². The number of rotatable bonds is 4. The van der Waals surface area contributed by atoms with Crippen LogP contribution in [0, 0.1) is 28.5 Å². The van der Waals surface area contributed by atoms with Gasteiger partial charge in [-0.1, -0.05) is 20.8 Å². The number of thiophene rings is 1. The summed E-state index contributed by atoms with van der Waals surface area (Å²) >= 11 is 1.58. The Hall–Kier alpha value is -2.43. The standard InChI is InChI=1S/C25H31FN4OS/c1-25(2,3)17-4-9-20-21(15-27)24(32-22(20)14-17)28-23(31)16-29-10-12-30(13-11-29)19-7-5-18(26)6-8-19/h5-8,17H,4,9-14,16H2,1-3H3,(H,28,31)/t17-/m1/s1. The van der Waals surface area contributed by atoms with Gasteiger partial charge in [0.15, 0.2) is 0 Å². The summed E-state index contributed by atoms with van der Waals surface area (Å²) in [5, 5.41) is 13.5. The highest BCUT2D eigenvalue weighted by molar-refractivity contribution is 7.16. The molecule has 0 unspecified atom stereocenters. The fraction of sp³-hybridized carbons (Fsp3) is 0.520. The minimum absolute atomic E-state index is 0.0669. The molecule has 1 atom stereocenters. The second-order valence-corrected chi connectivity index (χ2v) is 11.0. The number of halogens is 1. The maximum atomic E-state index is 13.1. The molecule has 1 N–H and O–H groups in total. The van der Waals surface area contributed by atoms with Gasteiger partial charge in [0.1, 0.15) is 16.9 Å². The Labute approximate surface area is 193 Å². The quantitative estimate of drug-likeness (QED) is 0.729. The molecule has 0 saturated carbocycles. The normalized spacial score (nSPS) is 19.3. The van der Waals surface area contributed by atoms with Crippen molar-refractivity contribution >= 4 is 27.9 Å². The first kappa shape index (κ1) is 22.8. The molecule has 2 aliphatic rings. The van der Waals surface area contributed by atoms with Crippen LogP contribution in [0.2, 0.25) is 0 Å². The van der Waals surface area contributed by atoms with E-state index in [0.29, 0.717) is 23.0 Å². The van der Waals surface area contributed by atoms with Crippen molar-refractivity contribution in [2.75, 3.05) is 42.9 Å². The summed E-state index contributed by atoms with van der Waals surface area (Å²) in [4.78, 5) is 18.4. The van der Waals surface area contributed by atoms with E-state index in [0.717, 1.165) is 56.7 Å². The van der Waals surface area contributed by atoms with E-state index >= 15 is 0 Å². The number of nitrogens with one attached hydrogen (secondary N) is 1. The highest BCUT2D eigenvalue weighted by Gasteiger charge is 2.32. The average molecular weight is 455 g/mol. The first-order chi connectivity index (χ1) is 15.2. The summed E-state index contributed by atoms with van der Waals surface area (Å²) in [5.74, 6) is 0.300. The van der Waals surface area contributed by atoms with Crippen molar-refractivity contribution in [3.05, 3.63) is 46.1 Å². The summed E-state index contributed by atoms with van der Waals surface area (Å²) in [6, 6.07) is 8.89.